The lowest BCUT2D eigenvalue weighted by atomic mass is 10.5. The molecule has 0 atom stereocenters. The van der Waals surface area contributed by atoms with Gasteiger partial charge in [0.1, 0.15) is 0 Å². The quantitative estimate of drug-likeness (QED) is 0.459. The second-order valence-corrected chi connectivity index (χ2v) is 1.75. The van der Waals surface area contributed by atoms with Gasteiger partial charge in [-0.15, -0.1) is 0 Å². The van der Waals surface area contributed by atoms with Gasteiger partial charge in [-0.25, -0.2) is 0 Å². The van der Waals surface area contributed by atoms with Crippen molar-refractivity contribution in [2.75, 3.05) is 13.1 Å². The van der Waals surface area contributed by atoms with Crippen LogP contribution in [0.15, 0.2) is 29.3 Å². The molecule has 2 N–H and O–H groups in total. The molecule has 0 spiro atoms. The van der Waals surface area contributed by atoms with Crippen LogP contribution in [0.1, 0.15) is 6.92 Å². The van der Waals surface area contributed by atoms with Crippen molar-refractivity contribution in [2.45, 2.75) is 6.92 Å². The summed E-state index contributed by atoms with van der Waals surface area (Å²) in [6.07, 6.45) is 9.46. The highest BCUT2D eigenvalue weighted by molar-refractivity contribution is 5.70. The molecule has 56 valence electrons. The summed E-state index contributed by atoms with van der Waals surface area (Å²) in [6, 6.07) is 0. The highest BCUT2D eigenvalue weighted by Crippen LogP contribution is 1.73. The topological polar surface area (TPSA) is 38.4 Å². The number of hydrogen-bond acceptors (Lipinski definition) is 2. The first kappa shape index (κ1) is 9.11. The summed E-state index contributed by atoms with van der Waals surface area (Å²) >= 11 is 0. The molecule has 0 aliphatic carbocycles. The van der Waals surface area contributed by atoms with E-state index in [9.17, 15) is 0 Å². The van der Waals surface area contributed by atoms with Gasteiger partial charge in [0.2, 0.25) is 0 Å². The van der Waals surface area contributed by atoms with Crippen molar-refractivity contribution in [2.24, 2.45) is 10.7 Å². The summed E-state index contributed by atoms with van der Waals surface area (Å²) < 4.78 is 0. The lowest BCUT2D eigenvalue weighted by Crippen LogP contribution is -1.92. The standard InChI is InChI=1S/C8H14N2/c1-2-3-7-10-8-5-4-6-9/h2-5,7H,6,8-9H2,1H3/b3-2-,5-4-,10-7?. The van der Waals surface area contributed by atoms with E-state index in [1.165, 1.54) is 0 Å². The minimum Gasteiger partial charge on any atom is -0.327 e. The number of allylic oxidation sites excluding steroid dienone is 2. The van der Waals surface area contributed by atoms with Gasteiger partial charge in [0, 0.05) is 12.8 Å². The highest BCUT2D eigenvalue weighted by Gasteiger charge is 1.67. The third-order valence-electron chi connectivity index (χ3n) is 0.897. The Kier molecular flexibility index (Phi) is 7.39. The number of nitrogens with zero attached hydrogens (tertiary/aromatic N) is 1. The minimum absolute atomic E-state index is 0.596. The van der Waals surface area contributed by atoms with Gasteiger partial charge < -0.3 is 5.73 Å². The van der Waals surface area contributed by atoms with Crippen molar-refractivity contribution >= 4 is 6.21 Å². The summed E-state index contributed by atoms with van der Waals surface area (Å²) in [6.45, 7) is 3.28. The fourth-order valence-corrected chi connectivity index (χ4v) is 0.439. The van der Waals surface area contributed by atoms with Crippen molar-refractivity contribution in [1.29, 1.82) is 0 Å². The first-order chi connectivity index (χ1) is 4.91. The van der Waals surface area contributed by atoms with Crippen LogP contribution in [0.2, 0.25) is 0 Å². The summed E-state index contributed by atoms with van der Waals surface area (Å²) in [7, 11) is 0. The van der Waals surface area contributed by atoms with Crippen molar-refractivity contribution in [1.82, 2.24) is 0 Å². The molecule has 0 aromatic rings. The van der Waals surface area contributed by atoms with Crippen LogP contribution < -0.4 is 5.73 Å². The molecule has 0 aromatic heterocycles. The zero-order chi connectivity index (χ0) is 7.66. The average molecular weight is 138 g/mol. The van der Waals surface area contributed by atoms with Crippen molar-refractivity contribution in [3.63, 3.8) is 0 Å². The second kappa shape index (κ2) is 8.11. The molecule has 0 bridgehead atoms. The first-order valence-corrected chi connectivity index (χ1v) is 3.38. The van der Waals surface area contributed by atoms with Gasteiger partial charge in [-0.1, -0.05) is 18.2 Å². The third-order valence-corrected chi connectivity index (χ3v) is 0.897. The van der Waals surface area contributed by atoms with Gasteiger partial charge in [0.15, 0.2) is 0 Å². The van der Waals surface area contributed by atoms with Crippen LogP contribution in [0, 0.1) is 0 Å². The number of aliphatic imine (C=N–C) groups is 1. The number of rotatable bonds is 4. The van der Waals surface area contributed by atoms with E-state index in [0.717, 1.165) is 6.54 Å². The Morgan fingerprint density at radius 3 is 2.80 bits per heavy atom. The summed E-state index contributed by atoms with van der Waals surface area (Å²) in [5.41, 5.74) is 5.22. The lowest BCUT2D eigenvalue weighted by molar-refractivity contribution is 1.20. The molecule has 0 unspecified atom stereocenters. The SMILES string of the molecule is C/C=C\C=NC/C=C\CN. The molecule has 0 rings (SSSR count). The van der Waals surface area contributed by atoms with Crippen molar-refractivity contribution in [3.05, 3.63) is 24.3 Å². The Labute approximate surface area is 62.1 Å². The zero-order valence-corrected chi connectivity index (χ0v) is 6.33. The fraction of sp³-hybridized carbons (Fsp3) is 0.375. The zero-order valence-electron chi connectivity index (χ0n) is 6.33. The molecule has 0 saturated carbocycles. The predicted octanol–water partition coefficient (Wildman–Crippen LogP) is 1.15. The van der Waals surface area contributed by atoms with Gasteiger partial charge in [0.25, 0.3) is 0 Å². The van der Waals surface area contributed by atoms with E-state index in [1.54, 1.807) is 6.21 Å². The van der Waals surface area contributed by atoms with Gasteiger partial charge >= 0.3 is 0 Å². The van der Waals surface area contributed by atoms with Crippen molar-refractivity contribution < 1.29 is 0 Å². The molecule has 0 amide bonds. The number of hydrogen-bond donors (Lipinski definition) is 1. The van der Waals surface area contributed by atoms with E-state index >= 15 is 0 Å². The molecular weight excluding hydrogens is 124 g/mol. The van der Waals surface area contributed by atoms with Crippen LogP contribution in [0.4, 0.5) is 0 Å². The van der Waals surface area contributed by atoms with Gasteiger partial charge in [-0.2, -0.15) is 0 Å². The van der Waals surface area contributed by atoms with E-state index in [-0.39, 0.29) is 0 Å². The molecule has 0 fully saturated rings. The molecule has 2 heteroatoms. The maximum Gasteiger partial charge on any atom is 0.0570 e. The minimum atomic E-state index is 0.596. The summed E-state index contributed by atoms with van der Waals surface area (Å²) in [5.74, 6) is 0. The normalized spacial score (nSPS) is 12.6. The fourth-order valence-electron chi connectivity index (χ4n) is 0.439. The van der Waals surface area contributed by atoms with E-state index in [4.69, 9.17) is 5.73 Å². The van der Waals surface area contributed by atoms with Crippen LogP contribution in [0.3, 0.4) is 0 Å². The smallest absolute Gasteiger partial charge is 0.0570 e. The highest BCUT2D eigenvalue weighted by atomic mass is 14.7. The summed E-state index contributed by atoms with van der Waals surface area (Å²) in [4.78, 5) is 4.04. The molecule has 0 aromatic carbocycles. The number of nitrogens with two attached hydrogens (primary N) is 1. The molecule has 0 saturated heterocycles. The molecule has 0 heterocycles. The van der Waals surface area contributed by atoms with E-state index in [0.29, 0.717) is 6.54 Å². The Balaban J connectivity index is 3.26. The van der Waals surface area contributed by atoms with Gasteiger partial charge in [-0.05, 0) is 13.0 Å². The van der Waals surface area contributed by atoms with Crippen LogP contribution in [-0.4, -0.2) is 19.3 Å². The monoisotopic (exact) mass is 138 g/mol. The van der Waals surface area contributed by atoms with Crippen LogP contribution in [-0.2, 0) is 0 Å². The largest absolute Gasteiger partial charge is 0.327 e. The van der Waals surface area contributed by atoms with Gasteiger partial charge in [-0.3, -0.25) is 4.99 Å². The average Bonchev–Trinajstić information content (AvgIpc) is 1.97. The predicted molar refractivity (Wildman–Crippen MR) is 46.4 cm³/mol. The second-order valence-electron chi connectivity index (χ2n) is 1.75. The Morgan fingerprint density at radius 1 is 1.40 bits per heavy atom. The molecule has 0 aliphatic heterocycles. The lowest BCUT2D eigenvalue weighted by Gasteiger charge is -1.80. The molecule has 0 aliphatic rings. The van der Waals surface area contributed by atoms with E-state index < -0.39 is 0 Å². The van der Waals surface area contributed by atoms with Crippen LogP contribution >= 0.6 is 0 Å². The maximum absolute atomic E-state index is 5.22. The van der Waals surface area contributed by atoms with E-state index in [1.807, 2.05) is 31.2 Å². The first-order valence-electron chi connectivity index (χ1n) is 3.38. The molecular formula is C8H14N2. The van der Waals surface area contributed by atoms with Crippen molar-refractivity contribution in [3.8, 4) is 0 Å². The third kappa shape index (κ3) is 7.11. The molecule has 2 nitrogen and oxygen atoms in total. The van der Waals surface area contributed by atoms with Gasteiger partial charge in [0.05, 0.1) is 6.54 Å². The van der Waals surface area contributed by atoms with E-state index in [2.05, 4.69) is 4.99 Å². The Hall–Kier alpha value is -0.890. The molecule has 0 radical (unpaired) electrons. The Bertz CT molecular complexity index is 134. The molecule has 10 heavy (non-hydrogen) atoms. The Morgan fingerprint density at radius 2 is 2.20 bits per heavy atom. The summed E-state index contributed by atoms with van der Waals surface area (Å²) in [5, 5.41) is 0. The maximum atomic E-state index is 5.22. The van der Waals surface area contributed by atoms with Crippen LogP contribution in [0.25, 0.3) is 0 Å². The van der Waals surface area contributed by atoms with Crippen LogP contribution in [0.5, 0.6) is 0 Å².